The Morgan fingerprint density at radius 3 is 2.44 bits per heavy atom. The summed E-state index contributed by atoms with van der Waals surface area (Å²) in [7, 11) is 0. The number of halogens is 2. The van der Waals surface area contributed by atoms with Crippen molar-refractivity contribution in [3.8, 4) is 11.4 Å². The fourth-order valence-electron chi connectivity index (χ4n) is 2.42. The molecule has 2 aromatic carbocycles. The van der Waals surface area contributed by atoms with E-state index in [4.69, 9.17) is 23.2 Å². The van der Waals surface area contributed by atoms with E-state index in [-0.39, 0.29) is 18.3 Å². The molecule has 0 unspecified atom stereocenters. The molecular formula is C18H16Cl2N4O2S. The molecule has 140 valence electrons. The van der Waals surface area contributed by atoms with Crippen LogP contribution in [0.15, 0.2) is 53.7 Å². The smallest absolute Gasteiger partial charge is 0.234 e. The molecule has 0 saturated heterocycles. The molecule has 0 fully saturated rings. The normalized spacial score (nSPS) is 10.8. The quantitative estimate of drug-likeness (QED) is 0.562. The van der Waals surface area contributed by atoms with Crippen molar-refractivity contribution in [2.75, 3.05) is 17.7 Å². The van der Waals surface area contributed by atoms with Gasteiger partial charge in [0.2, 0.25) is 5.91 Å². The van der Waals surface area contributed by atoms with Gasteiger partial charge in [-0.25, -0.2) is 0 Å². The van der Waals surface area contributed by atoms with Gasteiger partial charge >= 0.3 is 0 Å². The van der Waals surface area contributed by atoms with E-state index in [2.05, 4.69) is 15.5 Å². The number of aliphatic hydroxyl groups is 1. The van der Waals surface area contributed by atoms with Crippen molar-refractivity contribution < 1.29 is 9.90 Å². The standard InChI is InChI=1S/C18H16Cl2N4O2S/c19-13-7-4-8-14(20)16(13)21-15(26)11-27-18-23-22-17(24(18)9-10-25)12-5-2-1-3-6-12/h1-8,25H,9-11H2,(H,21,26). The van der Waals surface area contributed by atoms with Crippen LogP contribution in [-0.4, -0.2) is 38.1 Å². The first-order chi connectivity index (χ1) is 13.1. The molecule has 3 rings (SSSR count). The lowest BCUT2D eigenvalue weighted by atomic mass is 10.2. The monoisotopic (exact) mass is 422 g/mol. The van der Waals surface area contributed by atoms with Gasteiger partial charge in [0.1, 0.15) is 0 Å². The van der Waals surface area contributed by atoms with Gasteiger partial charge in [0.25, 0.3) is 0 Å². The van der Waals surface area contributed by atoms with E-state index in [0.29, 0.717) is 33.3 Å². The maximum atomic E-state index is 12.3. The summed E-state index contributed by atoms with van der Waals surface area (Å²) in [6, 6.07) is 14.6. The molecule has 27 heavy (non-hydrogen) atoms. The maximum absolute atomic E-state index is 12.3. The van der Waals surface area contributed by atoms with Crippen LogP contribution in [0.25, 0.3) is 11.4 Å². The number of hydrogen-bond acceptors (Lipinski definition) is 5. The van der Waals surface area contributed by atoms with Crippen molar-refractivity contribution in [1.29, 1.82) is 0 Å². The predicted octanol–water partition coefficient (Wildman–Crippen LogP) is 3.98. The van der Waals surface area contributed by atoms with Crippen LogP contribution in [-0.2, 0) is 11.3 Å². The third-order valence-electron chi connectivity index (χ3n) is 3.63. The predicted molar refractivity (Wildman–Crippen MR) is 108 cm³/mol. The first-order valence-corrected chi connectivity index (χ1v) is 9.80. The fraction of sp³-hybridized carbons (Fsp3) is 0.167. The van der Waals surface area contributed by atoms with Crippen LogP contribution in [0.5, 0.6) is 0 Å². The van der Waals surface area contributed by atoms with Crippen molar-refractivity contribution in [2.45, 2.75) is 11.7 Å². The largest absolute Gasteiger partial charge is 0.395 e. The molecular weight excluding hydrogens is 407 g/mol. The first kappa shape index (κ1) is 19.7. The van der Waals surface area contributed by atoms with E-state index in [1.165, 1.54) is 11.8 Å². The minimum Gasteiger partial charge on any atom is -0.395 e. The summed E-state index contributed by atoms with van der Waals surface area (Å²) in [5.41, 5.74) is 1.27. The molecule has 0 aliphatic rings. The van der Waals surface area contributed by atoms with Crippen LogP contribution in [0.4, 0.5) is 5.69 Å². The number of carbonyl (C=O) groups excluding carboxylic acids is 1. The Bertz CT molecular complexity index is 914. The molecule has 1 amide bonds. The number of anilines is 1. The van der Waals surface area contributed by atoms with Crippen molar-refractivity contribution in [3.05, 3.63) is 58.6 Å². The molecule has 0 aliphatic carbocycles. The number of benzene rings is 2. The highest BCUT2D eigenvalue weighted by Gasteiger charge is 2.16. The highest BCUT2D eigenvalue weighted by molar-refractivity contribution is 7.99. The number of amides is 1. The highest BCUT2D eigenvalue weighted by Crippen LogP contribution is 2.30. The number of nitrogens with zero attached hydrogens (tertiary/aromatic N) is 3. The second-order valence-corrected chi connectivity index (χ2v) is 7.24. The van der Waals surface area contributed by atoms with Crippen LogP contribution < -0.4 is 5.32 Å². The topological polar surface area (TPSA) is 80.0 Å². The number of thioether (sulfide) groups is 1. The van der Waals surface area contributed by atoms with Crippen LogP contribution in [0.1, 0.15) is 0 Å². The van der Waals surface area contributed by atoms with Gasteiger partial charge in [-0.3, -0.25) is 9.36 Å². The lowest BCUT2D eigenvalue weighted by Crippen LogP contribution is -2.15. The zero-order valence-electron chi connectivity index (χ0n) is 14.1. The Labute approximate surface area is 170 Å². The van der Waals surface area contributed by atoms with Gasteiger partial charge in [-0.05, 0) is 12.1 Å². The molecule has 2 N–H and O–H groups in total. The number of aromatic nitrogens is 3. The third kappa shape index (κ3) is 4.81. The molecule has 0 atom stereocenters. The Morgan fingerprint density at radius 2 is 1.78 bits per heavy atom. The molecule has 0 radical (unpaired) electrons. The lowest BCUT2D eigenvalue weighted by molar-refractivity contribution is -0.113. The highest BCUT2D eigenvalue weighted by atomic mass is 35.5. The number of rotatable bonds is 7. The molecule has 1 heterocycles. The average Bonchev–Trinajstić information content (AvgIpc) is 3.07. The Hall–Kier alpha value is -2.06. The summed E-state index contributed by atoms with van der Waals surface area (Å²) in [6.45, 7) is 0.268. The third-order valence-corrected chi connectivity index (χ3v) is 5.23. The van der Waals surface area contributed by atoms with E-state index in [1.807, 2.05) is 30.3 Å². The van der Waals surface area contributed by atoms with Gasteiger partial charge < -0.3 is 10.4 Å². The first-order valence-electron chi connectivity index (χ1n) is 8.06. The minimum absolute atomic E-state index is 0.0626. The zero-order valence-corrected chi connectivity index (χ0v) is 16.4. The summed E-state index contributed by atoms with van der Waals surface area (Å²) < 4.78 is 1.79. The lowest BCUT2D eigenvalue weighted by Gasteiger charge is -2.10. The molecule has 1 aromatic heterocycles. The Morgan fingerprint density at radius 1 is 1.07 bits per heavy atom. The number of para-hydroxylation sites is 1. The van der Waals surface area contributed by atoms with Gasteiger partial charge in [0.05, 0.1) is 28.1 Å². The summed E-state index contributed by atoms with van der Waals surface area (Å²) in [4.78, 5) is 12.3. The van der Waals surface area contributed by atoms with E-state index < -0.39 is 0 Å². The Balaban J connectivity index is 1.72. The zero-order chi connectivity index (χ0) is 19.2. The molecule has 9 heteroatoms. The SMILES string of the molecule is O=C(CSc1nnc(-c2ccccc2)n1CCO)Nc1c(Cl)cccc1Cl. The summed E-state index contributed by atoms with van der Waals surface area (Å²) in [5.74, 6) is 0.469. The van der Waals surface area contributed by atoms with E-state index in [9.17, 15) is 9.90 Å². The van der Waals surface area contributed by atoms with E-state index >= 15 is 0 Å². The van der Waals surface area contributed by atoms with Crippen LogP contribution in [0, 0.1) is 0 Å². The average molecular weight is 423 g/mol. The van der Waals surface area contributed by atoms with Crippen LogP contribution >= 0.6 is 35.0 Å². The number of carbonyl (C=O) groups is 1. The molecule has 6 nitrogen and oxygen atoms in total. The number of hydrogen-bond donors (Lipinski definition) is 2. The number of nitrogens with one attached hydrogen (secondary N) is 1. The van der Waals surface area contributed by atoms with Crippen molar-refractivity contribution in [2.24, 2.45) is 0 Å². The summed E-state index contributed by atoms with van der Waals surface area (Å²) >= 11 is 13.4. The van der Waals surface area contributed by atoms with Crippen molar-refractivity contribution in [1.82, 2.24) is 14.8 Å². The summed E-state index contributed by atoms with van der Waals surface area (Å²) in [5, 5.41) is 21.7. The molecule has 0 bridgehead atoms. The van der Waals surface area contributed by atoms with Crippen molar-refractivity contribution >= 4 is 46.6 Å². The van der Waals surface area contributed by atoms with Gasteiger partial charge in [0.15, 0.2) is 11.0 Å². The molecule has 3 aromatic rings. The molecule has 0 spiro atoms. The Kier molecular flexibility index (Phi) is 6.73. The van der Waals surface area contributed by atoms with Crippen molar-refractivity contribution in [3.63, 3.8) is 0 Å². The van der Waals surface area contributed by atoms with E-state index in [1.54, 1.807) is 22.8 Å². The van der Waals surface area contributed by atoms with E-state index in [0.717, 1.165) is 5.56 Å². The van der Waals surface area contributed by atoms with Gasteiger partial charge in [-0.2, -0.15) is 0 Å². The van der Waals surface area contributed by atoms with Gasteiger partial charge in [0, 0.05) is 12.1 Å². The van der Waals surface area contributed by atoms with Crippen LogP contribution in [0.2, 0.25) is 10.0 Å². The second-order valence-electron chi connectivity index (χ2n) is 5.48. The fourth-order valence-corrected chi connectivity index (χ4v) is 3.68. The summed E-state index contributed by atoms with van der Waals surface area (Å²) in [6.07, 6.45) is 0. The maximum Gasteiger partial charge on any atom is 0.234 e. The molecule has 0 aliphatic heterocycles. The molecule has 0 saturated carbocycles. The second kappa shape index (κ2) is 9.23. The van der Waals surface area contributed by atoms with Gasteiger partial charge in [-0.1, -0.05) is 71.4 Å². The van der Waals surface area contributed by atoms with Gasteiger partial charge in [-0.15, -0.1) is 10.2 Å². The minimum atomic E-state index is -0.269. The number of aliphatic hydroxyl groups excluding tert-OH is 1. The van der Waals surface area contributed by atoms with Crippen LogP contribution in [0.3, 0.4) is 0 Å².